The highest BCUT2D eigenvalue weighted by atomic mass is 19.1. The van der Waals surface area contributed by atoms with Crippen molar-refractivity contribution in [3.8, 4) is 11.1 Å². The molecule has 3 rings (SSSR count). The number of rotatable bonds is 5. The van der Waals surface area contributed by atoms with Crippen molar-refractivity contribution in [2.75, 3.05) is 40.4 Å². The molecular formula is C22H26FN3O3. The fraction of sp³-hybridized carbons (Fsp3) is 0.364. The van der Waals surface area contributed by atoms with Gasteiger partial charge in [-0.15, -0.1) is 0 Å². The van der Waals surface area contributed by atoms with Crippen LogP contribution in [0.1, 0.15) is 11.5 Å². The summed E-state index contributed by atoms with van der Waals surface area (Å²) in [6.07, 6.45) is 0. The van der Waals surface area contributed by atoms with Crippen LogP contribution in [0.4, 0.5) is 4.39 Å². The molecule has 2 atom stereocenters. The Kier molecular flexibility index (Phi) is 6.61. The maximum atomic E-state index is 13.2. The van der Waals surface area contributed by atoms with Crippen molar-refractivity contribution in [2.24, 2.45) is 5.73 Å². The van der Waals surface area contributed by atoms with Gasteiger partial charge in [-0.05, 0) is 28.8 Å². The lowest BCUT2D eigenvalue weighted by Crippen LogP contribution is -2.53. The first-order valence-electron chi connectivity index (χ1n) is 9.57. The minimum atomic E-state index is -0.986. The minimum Gasteiger partial charge on any atom is -0.378 e. The smallest absolute Gasteiger partial charge is 0.240 e. The first-order valence-corrected chi connectivity index (χ1v) is 9.57. The summed E-state index contributed by atoms with van der Waals surface area (Å²) in [5.74, 6) is -1.57. The van der Waals surface area contributed by atoms with Crippen LogP contribution in [0.15, 0.2) is 48.5 Å². The van der Waals surface area contributed by atoms with Gasteiger partial charge in [0.2, 0.25) is 11.8 Å². The summed E-state index contributed by atoms with van der Waals surface area (Å²) in [5, 5.41) is 0. The average molecular weight is 399 g/mol. The van der Waals surface area contributed by atoms with E-state index in [1.165, 1.54) is 17.0 Å². The summed E-state index contributed by atoms with van der Waals surface area (Å²) in [4.78, 5) is 28.9. The summed E-state index contributed by atoms with van der Waals surface area (Å²) in [5.41, 5.74) is 8.73. The van der Waals surface area contributed by atoms with Crippen LogP contribution < -0.4 is 5.73 Å². The van der Waals surface area contributed by atoms with E-state index in [1.807, 2.05) is 12.1 Å². The van der Waals surface area contributed by atoms with Gasteiger partial charge in [0.25, 0.3) is 0 Å². The molecule has 1 saturated heterocycles. The van der Waals surface area contributed by atoms with Crippen LogP contribution in [0.3, 0.4) is 0 Å². The van der Waals surface area contributed by atoms with E-state index in [2.05, 4.69) is 0 Å². The van der Waals surface area contributed by atoms with Gasteiger partial charge in [0, 0.05) is 27.2 Å². The highest BCUT2D eigenvalue weighted by molar-refractivity contribution is 5.93. The standard InChI is InChI=1S/C22H26FN3O3/c1-25(2)21(27)19(20(24)22(28)26-11-13-29-14-12-26)17-5-3-15(4-6-17)16-7-9-18(23)10-8-16/h3-10,19-20H,11-14,24H2,1-2H3/t19-,20-/m0/s1. The maximum Gasteiger partial charge on any atom is 0.240 e. The lowest BCUT2D eigenvalue weighted by Gasteiger charge is -2.32. The molecule has 2 amide bonds. The van der Waals surface area contributed by atoms with Crippen LogP contribution >= 0.6 is 0 Å². The van der Waals surface area contributed by atoms with E-state index >= 15 is 0 Å². The largest absolute Gasteiger partial charge is 0.378 e. The highest BCUT2D eigenvalue weighted by Gasteiger charge is 2.36. The van der Waals surface area contributed by atoms with E-state index in [-0.39, 0.29) is 17.6 Å². The number of morpholine rings is 1. The van der Waals surface area contributed by atoms with Crippen LogP contribution in [0.25, 0.3) is 11.1 Å². The van der Waals surface area contributed by atoms with Crippen molar-refractivity contribution >= 4 is 11.8 Å². The van der Waals surface area contributed by atoms with Gasteiger partial charge in [0.1, 0.15) is 11.9 Å². The average Bonchev–Trinajstić information content (AvgIpc) is 2.75. The number of amides is 2. The summed E-state index contributed by atoms with van der Waals surface area (Å²) >= 11 is 0. The fourth-order valence-corrected chi connectivity index (χ4v) is 3.44. The maximum absolute atomic E-state index is 13.2. The van der Waals surface area contributed by atoms with Gasteiger partial charge in [-0.2, -0.15) is 0 Å². The Balaban J connectivity index is 1.87. The third-order valence-electron chi connectivity index (χ3n) is 5.12. The van der Waals surface area contributed by atoms with Crippen molar-refractivity contribution in [3.05, 3.63) is 59.9 Å². The van der Waals surface area contributed by atoms with Gasteiger partial charge in [-0.3, -0.25) is 9.59 Å². The molecule has 0 unspecified atom stereocenters. The molecule has 0 aliphatic carbocycles. The number of likely N-dealkylation sites (N-methyl/N-ethyl adjacent to an activating group) is 1. The predicted octanol–water partition coefficient (Wildman–Crippen LogP) is 1.85. The molecule has 1 heterocycles. The van der Waals surface area contributed by atoms with E-state index in [4.69, 9.17) is 10.5 Å². The molecule has 1 fully saturated rings. The summed E-state index contributed by atoms with van der Waals surface area (Å²) in [7, 11) is 3.29. The molecule has 154 valence electrons. The van der Waals surface area contributed by atoms with Crippen molar-refractivity contribution in [3.63, 3.8) is 0 Å². The topological polar surface area (TPSA) is 75.9 Å². The minimum absolute atomic E-state index is 0.228. The van der Waals surface area contributed by atoms with E-state index in [9.17, 15) is 14.0 Å². The lowest BCUT2D eigenvalue weighted by atomic mass is 9.88. The van der Waals surface area contributed by atoms with Crippen LogP contribution in [0.5, 0.6) is 0 Å². The molecular weight excluding hydrogens is 373 g/mol. The summed E-state index contributed by atoms with van der Waals surface area (Å²) in [6.45, 7) is 1.88. The zero-order valence-corrected chi connectivity index (χ0v) is 16.7. The fourth-order valence-electron chi connectivity index (χ4n) is 3.44. The van der Waals surface area contributed by atoms with Crippen molar-refractivity contribution in [1.29, 1.82) is 0 Å². The normalized spacial score (nSPS) is 16.2. The summed E-state index contributed by atoms with van der Waals surface area (Å²) in [6, 6.07) is 12.5. The van der Waals surface area contributed by atoms with Crippen LogP contribution in [-0.4, -0.2) is 68.1 Å². The Labute approximate surface area is 170 Å². The van der Waals surface area contributed by atoms with Crippen molar-refractivity contribution < 1.29 is 18.7 Å². The van der Waals surface area contributed by atoms with Crippen LogP contribution in [0, 0.1) is 5.82 Å². The molecule has 0 radical (unpaired) electrons. The molecule has 1 aliphatic heterocycles. The molecule has 7 heteroatoms. The monoisotopic (exact) mass is 399 g/mol. The Bertz CT molecular complexity index is 847. The number of ether oxygens (including phenoxy) is 1. The summed E-state index contributed by atoms with van der Waals surface area (Å²) < 4.78 is 18.4. The van der Waals surface area contributed by atoms with E-state index < -0.39 is 12.0 Å². The Morgan fingerprint density at radius 2 is 1.52 bits per heavy atom. The second-order valence-corrected chi connectivity index (χ2v) is 7.30. The lowest BCUT2D eigenvalue weighted by molar-refractivity contribution is -0.141. The van der Waals surface area contributed by atoms with Crippen LogP contribution in [0.2, 0.25) is 0 Å². The second-order valence-electron chi connectivity index (χ2n) is 7.30. The predicted molar refractivity (Wildman–Crippen MR) is 109 cm³/mol. The van der Waals surface area contributed by atoms with Gasteiger partial charge in [0.15, 0.2) is 0 Å². The number of benzene rings is 2. The first-order chi connectivity index (χ1) is 13.9. The zero-order chi connectivity index (χ0) is 21.0. The number of hydrogen-bond donors (Lipinski definition) is 1. The molecule has 0 saturated carbocycles. The molecule has 29 heavy (non-hydrogen) atoms. The van der Waals surface area contributed by atoms with Gasteiger partial charge in [-0.25, -0.2) is 4.39 Å². The Morgan fingerprint density at radius 1 is 1.00 bits per heavy atom. The van der Waals surface area contributed by atoms with E-state index in [0.717, 1.165) is 11.1 Å². The number of halogens is 1. The number of nitrogens with two attached hydrogens (primary N) is 1. The zero-order valence-electron chi connectivity index (χ0n) is 16.7. The first kappa shape index (κ1) is 21.0. The molecule has 1 aliphatic rings. The number of carbonyl (C=O) groups excluding carboxylic acids is 2. The highest BCUT2D eigenvalue weighted by Crippen LogP contribution is 2.26. The van der Waals surface area contributed by atoms with Gasteiger partial charge >= 0.3 is 0 Å². The van der Waals surface area contributed by atoms with Crippen molar-refractivity contribution in [1.82, 2.24) is 9.80 Å². The second kappa shape index (κ2) is 9.15. The van der Waals surface area contributed by atoms with E-state index in [1.54, 1.807) is 43.3 Å². The molecule has 0 aromatic heterocycles. The molecule has 0 bridgehead atoms. The molecule has 2 N–H and O–H groups in total. The van der Waals surface area contributed by atoms with Gasteiger partial charge in [-0.1, -0.05) is 36.4 Å². The number of nitrogens with zero attached hydrogens (tertiary/aromatic N) is 2. The molecule has 6 nitrogen and oxygen atoms in total. The third kappa shape index (κ3) is 4.81. The quantitative estimate of drug-likeness (QED) is 0.833. The molecule has 0 spiro atoms. The van der Waals surface area contributed by atoms with Crippen molar-refractivity contribution in [2.45, 2.75) is 12.0 Å². The number of hydrogen-bond acceptors (Lipinski definition) is 4. The molecule has 2 aromatic rings. The van der Waals surface area contributed by atoms with Gasteiger partial charge in [0.05, 0.1) is 19.1 Å². The Morgan fingerprint density at radius 3 is 2.03 bits per heavy atom. The third-order valence-corrected chi connectivity index (χ3v) is 5.12. The van der Waals surface area contributed by atoms with Gasteiger partial charge < -0.3 is 20.3 Å². The van der Waals surface area contributed by atoms with E-state index in [0.29, 0.717) is 31.9 Å². The molecule has 2 aromatic carbocycles. The SMILES string of the molecule is CN(C)C(=O)[C@@H](c1ccc(-c2ccc(F)cc2)cc1)[C@H](N)C(=O)N1CCOCC1. The number of carbonyl (C=O) groups is 2. The van der Waals surface area contributed by atoms with Crippen LogP contribution in [-0.2, 0) is 14.3 Å². The Hall–Kier alpha value is -2.77.